The van der Waals surface area contributed by atoms with Crippen LogP contribution in [-0.4, -0.2) is 5.88 Å². The minimum absolute atomic E-state index is 0.336. The number of hydrogen-bond donors (Lipinski definition) is 0. The Kier molecular flexibility index (Phi) is 5.66. The first-order valence-electron chi connectivity index (χ1n) is 6.72. The van der Waals surface area contributed by atoms with E-state index in [-0.39, 0.29) is 5.82 Å². The van der Waals surface area contributed by atoms with Gasteiger partial charge in [0, 0.05) is 18.4 Å². The Bertz CT molecular complexity index is 653. The normalized spacial score (nSPS) is 9.86. The quantitative estimate of drug-likeness (QED) is 0.588. The molecular formula is C18H16ClFO. The molecule has 2 aromatic carbocycles. The van der Waals surface area contributed by atoms with Crippen molar-refractivity contribution in [3.63, 3.8) is 0 Å². The number of ether oxygens (including phenoxy) is 1. The van der Waals surface area contributed by atoms with E-state index in [1.165, 1.54) is 17.7 Å². The average molecular weight is 303 g/mol. The van der Waals surface area contributed by atoms with Crippen molar-refractivity contribution in [1.29, 1.82) is 0 Å². The van der Waals surface area contributed by atoms with E-state index in [1.54, 1.807) is 6.07 Å². The number of halogens is 2. The summed E-state index contributed by atoms with van der Waals surface area (Å²) >= 11 is 5.59. The predicted octanol–water partition coefficient (Wildman–Crippen LogP) is 4.69. The second-order valence-corrected chi connectivity index (χ2v) is 5.03. The fourth-order valence-electron chi connectivity index (χ4n) is 1.77. The summed E-state index contributed by atoms with van der Waals surface area (Å²) in [6.07, 6.45) is 0.594. The molecule has 0 aliphatic rings. The molecule has 0 aliphatic heterocycles. The molecule has 0 saturated carbocycles. The van der Waals surface area contributed by atoms with Crippen LogP contribution >= 0.6 is 11.6 Å². The Balaban J connectivity index is 2.13. The molecule has 1 nitrogen and oxygen atoms in total. The van der Waals surface area contributed by atoms with Gasteiger partial charge in [-0.1, -0.05) is 41.7 Å². The Morgan fingerprint density at radius 3 is 2.62 bits per heavy atom. The molecule has 0 saturated heterocycles. The van der Waals surface area contributed by atoms with Crippen LogP contribution in [-0.2, 0) is 6.61 Å². The Labute approximate surface area is 129 Å². The summed E-state index contributed by atoms with van der Waals surface area (Å²) in [4.78, 5) is 0. The van der Waals surface area contributed by atoms with Crippen LogP contribution in [0.3, 0.4) is 0 Å². The predicted molar refractivity (Wildman–Crippen MR) is 84.1 cm³/mol. The maximum Gasteiger partial charge on any atom is 0.138 e. The standard InChI is InChI=1S/C18H16ClFO/c1-14-5-7-15(8-6-14)13-21-18-12-17(20)10-9-16(18)4-2-3-11-19/h5-10,12H,3,11,13H2,1H3. The molecule has 2 aromatic rings. The van der Waals surface area contributed by atoms with E-state index >= 15 is 0 Å². The SMILES string of the molecule is Cc1ccc(COc2cc(F)ccc2C#CCCCl)cc1. The van der Waals surface area contributed by atoms with Gasteiger partial charge in [0.05, 0.1) is 5.56 Å². The summed E-state index contributed by atoms with van der Waals surface area (Å²) in [6.45, 7) is 2.41. The second kappa shape index (κ2) is 7.71. The Hall–Kier alpha value is -1.98. The van der Waals surface area contributed by atoms with Crippen molar-refractivity contribution in [2.45, 2.75) is 20.0 Å². The Morgan fingerprint density at radius 1 is 1.14 bits per heavy atom. The number of alkyl halides is 1. The largest absolute Gasteiger partial charge is 0.487 e. The first-order valence-corrected chi connectivity index (χ1v) is 7.25. The monoisotopic (exact) mass is 302 g/mol. The molecule has 0 fully saturated rings. The van der Waals surface area contributed by atoms with Crippen LogP contribution in [0.15, 0.2) is 42.5 Å². The number of benzene rings is 2. The van der Waals surface area contributed by atoms with E-state index in [0.717, 1.165) is 5.56 Å². The highest BCUT2D eigenvalue weighted by atomic mass is 35.5. The topological polar surface area (TPSA) is 9.23 Å². The minimum Gasteiger partial charge on any atom is -0.487 e. The number of hydrogen-bond acceptors (Lipinski definition) is 1. The smallest absolute Gasteiger partial charge is 0.138 e. The first-order chi connectivity index (χ1) is 10.2. The molecule has 0 spiro atoms. The molecule has 0 atom stereocenters. The lowest BCUT2D eigenvalue weighted by molar-refractivity contribution is 0.303. The zero-order chi connectivity index (χ0) is 15.1. The van der Waals surface area contributed by atoms with Crippen molar-refractivity contribution < 1.29 is 9.13 Å². The van der Waals surface area contributed by atoms with Crippen LogP contribution in [0.5, 0.6) is 5.75 Å². The third kappa shape index (κ3) is 4.81. The summed E-state index contributed by atoms with van der Waals surface area (Å²) in [5, 5.41) is 0. The van der Waals surface area contributed by atoms with Crippen LogP contribution in [0.1, 0.15) is 23.1 Å². The summed E-state index contributed by atoms with van der Waals surface area (Å²) in [6, 6.07) is 12.4. The van der Waals surface area contributed by atoms with E-state index in [9.17, 15) is 4.39 Å². The van der Waals surface area contributed by atoms with Crippen LogP contribution < -0.4 is 4.74 Å². The van der Waals surface area contributed by atoms with Crippen LogP contribution in [0.2, 0.25) is 0 Å². The molecule has 108 valence electrons. The van der Waals surface area contributed by atoms with Gasteiger partial charge in [-0.25, -0.2) is 4.39 Å². The van der Waals surface area contributed by atoms with Crippen LogP contribution in [0.25, 0.3) is 0 Å². The fourth-order valence-corrected chi connectivity index (χ4v) is 1.86. The number of rotatable bonds is 4. The highest BCUT2D eigenvalue weighted by Gasteiger charge is 2.04. The van der Waals surface area contributed by atoms with E-state index in [1.807, 2.05) is 31.2 Å². The zero-order valence-corrected chi connectivity index (χ0v) is 12.6. The molecule has 0 bridgehead atoms. The zero-order valence-electron chi connectivity index (χ0n) is 11.8. The molecule has 0 aliphatic carbocycles. The lowest BCUT2D eigenvalue weighted by Gasteiger charge is -2.09. The van der Waals surface area contributed by atoms with Gasteiger partial charge in [-0.15, -0.1) is 11.6 Å². The molecule has 21 heavy (non-hydrogen) atoms. The van der Waals surface area contributed by atoms with Gasteiger partial charge in [0.25, 0.3) is 0 Å². The van der Waals surface area contributed by atoms with Gasteiger partial charge in [0.2, 0.25) is 0 Å². The van der Waals surface area contributed by atoms with Crippen molar-refractivity contribution in [3.8, 4) is 17.6 Å². The molecule has 0 heterocycles. The van der Waals surface area contributed by atoms with Crippen molar-refractivity contribution in [2.24, 2.45) is 0 Å². The maximum absolute atomic E-state index is 13.4. The summed E-state index contributed by atoms with van der Waals surface area (Å²) in [7, 11) is 0. The summed E-state index contributed by atoms with van der Waals surface area (Å²) in [5.41, 5.74) is 2.90. The van der Waals surface area contributed by atoms with E-state index in [0.29, 0.717) is 30.2 Å². The van der Waals surface area contributed by atoms with E-state index < -0.39 is 0 Å². The molecule has 2 rings (SSSR count). The fraction of sp³-hybridized carbons (Fsp3) is 0.222. The molecular weight excluding hydrogens is 287 g/mol. The third-order valence-corrected chi connectivity index (χ3v) is 3.09. The minimum atomic E-state index is -0.336. The molecule has 0 amide bonds. The van der Waals surface area contributed by atoms with Crippen molar-refractivity contribution >= 4 is 11.6 Å². The third-order valence-electron chi connectivity index (χ3n) is 2.90. The van der Waals surface area contributed by atoms with Gasteiger partial charge in [-0.05, 0) is 24.6 Å². The van der Waals surface area contributed by atoms with Gasteiger partial charge in [-0.3, -0.25) is 0 Å². The molecule has 0 aromatic heterocycles. The van der Waals surface area contributed by atoms with Gasteiger partial charge in [-0.2, -0.15) is 0 Å². The van der Waals surface area contributed by atoms with Crippen molar-refractivity contribution in [2.75, 3.05) is 5.88 Å². The highest BCUT2D eigenvalue weighted by Crippen LogP contribution is 2.20. The molecule has 3 heteroatoms. The maximum atomic E-state index is 13.4. The average Bonchev–Trinajstić information content (AvgIpc) is 2.49. The highest BCUT2D eigenvalue weighted by molar-refractivity contribution is 6.18. The van der Waals surface area contributed by atoms with E-state index in [2.05, 4.69) is 11.8 Å². The molecule has 0 unspecified atom stereocenters. The van der Waals surface area contributed by atoms with Gasteiger partial charge < -0.3 is 4.74 Å². The van der Waals surface area contributed by atoms with Gasteiger partial charge in [0.1, 0.15) is 18.2 Å². The summed E-state index contributed by atoms with van der Waals surface area (Å²) in [5.74, 6) is 6.49. The van der Waals surface area contributed by atoms with E-state index in [4.69, 9.17) is 16.3 Å². The van der Waals surface area contributed by atoms with Crippen LogP contribution in [0, 0.1) is 24.6 Å². The molecule has 0 radical (unpaired) electrons. The first kappa shape index (κ1) is 15.4. The lowest BCUT2D eigenvalue weighted by atomic mass is 10.1. The lowest BCUT2D eigenvalue weighted by Crippen LogP contribution is -1.98. The summed E-state index contributed by atoms with van der Waals surface area (Å²) < 4.78 is 19.1. The van der Waals surface area contributed by atoms with Crippen LogP contribution in [0.4, 0.5) is 4.39 Å². The Morgan fingerprint density at radius 2 is 1.90 bits per heavy atom. The van der Waals surface area contributed by atoms with Crippen molar-refractivity contribution in [3.05, 3.63) is 65.0 Å². The van der Waals surface area contributed by atoms with Gasteiger partial charge >= 0.3 is 0 Å². The number of aryl methyl sites for hydroxylation is 1. The molecule has 0 N–H and O–H groups in total. The second-order valence-electron chi connectivity index (χ2n) is 4.66. The van der Waals surface area contributed by atoms with Gasteiger partial charge in [0.15, 0.2) is 0 Å². The van der Waals surface area contributed by atoms with Crippen molar-refractivity contribution in [1.82, 2.24) is 0 Å².